The standard InChI is InChI=1S/C16H23F2N3O2S/c1-4-19-15(20-10-12-5-6-13(17)14(18)9-12)21-7-8-24(22,23)16(2,3)11-21/h5-6,9H,4,7-8,10-11H2,1-3H3,(H,19,20). The summed E-state index contributed by atoms with van der Waals surface area (Å²) in [6.07, 6.45) is 0. The predicted molar refractivity (Wildman–Crippen MR) is 90.6 cm³/mol. The lowest BCUT2D eigenvalue weighted by molar-refractivity contribution is 0.353. The Hall–Kier alpha value is -1.70. The summed E-state index contributed by atoms with van der Waals surface area (Å²) in [5.74, 6) is -1.16. The molecule has 8 heteroatoms. The van der Waals surface area contributed by atoms with Crippen molar-refractivity contribution in [3.8, 4) is 0 Å². The monoisotopic (exact) mass is 359 g/mol. The number of rotatable bonds is 3. The maximum Gasteiger partial charge on any atom is 0.194 e. The van der Waals surface area contributed by atoms with Gasteiger partial charge in [0.05, 0.1) is 17.0 Å². The number of nitrogens with one attached hydrogen (secondary N) is 1. The minimum atomic E-state index is -3.14. The molecule has 1 saturated heterocycles. The van der Waals surface area contributed by atoms with Crippen LogP contribution in [0.15, 0.2) is 23.2 Å². The number of hydrogen-bond acceptors (Lipinski definition) is 3. The highest BCUT2D eigenvalue weighted by molar-refractivity contribution is 7.92. The fourth-order valence-corrected chi connectivity index (χ4v) is 3.92. The van der Waals surface area contributed by atoms with E-state index in [1.165, 1.54) is 6.07 Å². The number of halogens is 2. The van der Waals surface area contributed by atoms with E-state index in [0.29, 0.717) is 31.2 Å². The quantitative estimate of drug-likeness (QED) is 0.662. The van der Waals surface area contributed by atoms with Crippen LogP contribution in [0.1, 0.15) is 26.3 Å². The van der Waals surface area contributed by atoms with Crippen LogP contribution in [0.3, 0.4) is 0 Å². The summed E-state index contributed by atoms with van der Waals surface area (Å²) < 4.78 is 49.6. The van der Waals surface area contributed by atoms with Gasteiger partial charge in [0.15, 0.2) is 27.4 Å². The molecule has 1 N–H and O–H groups in total. The zero-order valence-electron chi connectivity index (χ0n) is 14.1. The van der Waals surface area contributed by atoms with Gasteiger partial charge in [0, 0.05) is 19.6 Å². The van der Waals surface area contributed by atoms with E-state index < -0.39 is 26.2 Å². The molecule has 1 heterocycles. The molecule has 1 aliphatic heterocycles. The van der Waals surface area contributed by atoms with Gasteiger partial charge in [0.1, 0.15) is 0 Å². The third-order valence-corrected chi connectivity index (χ3v) is 6.61. The van der Waals surface area contributed by atoms with E-state index in [0.717, 1.165) is 12.1 Å². The molecule has 1 aromatic carbocycles. The first-order chi connectivity index (χ1) is 11.2. The Kier molecular flexibility index (Phi) is 5.47. The fourth-order valence-electron chi connectivity index (χ4n) is 2.55. The zero-order valence-corrected chi connectivity index (χ0v) is 15.0. The molecular formula is C16H23F2N3O2S. The molecule has 0 bridgehead atoms. The topological polar surface area (TPSA) is 61.8 Å². The van der Waals surface area contributed by atoms with Crippen molar-refractivity contribution in [1.82, 2.24) is 10.2 Å². The highest BCUT2D eigenvalue weighted by Crippen LogP contribution is 2.23. The maximum absolute atomic E-state index is 13.3. The average Bonchev–Trinajstić information content (AvgIpc) is 2.50. The third-order valence-electron chi connectivity index (χ3n) is 4.07. The molecule has 0 saturated carbocycles. The number of nitrogens with zero attached hydrogens (tertiary/aromatic N) is 2. The average molecular weight is 359 g/mol. The molecule has 0 aliphatic carbocycles. The molecule has 0 spiro atoms. The van der Waals surface area contributed by atoms with Crippen molar-refractivity contribution in [3.05, 3.63) is 35.4 Å². The summed E-state index contributed by atoms with van der Waals surface area (Å²) in [7, 11) is -3.14. The third kappa shape index (κ3) is 4.03. The first-order valence-corrected chi connectivity index (χ1v) is 9.51. The first-order valence-electron chi connectivity index (χ1n) is 7.86. The first kappa shape index (κ1) is 18.6. The van der Waals surface area contributed by atoms with Crippen molar-refractivity contribution in [3.63, 3.8) is 0 Å². The van der Waals surface area contributed by atoms with E-state index in [9.17, 15) is 17.2 Å². The summed E-state index contributed by atoms with van der Waals surface area (Å²) in [5, 5.41) is 3.13. The SMILES string of the molecule is CCNC(=NCc1ccc(F)c(F)c1)N1CCS(=O)(=O)C(C)(C)C1. The molecule has 0 unspecified atom stereocenters. The van der Waals surface area contributed by atoms with Gasteiger partial charge in [0.2, 0.25) is 0 Å². The van der Waals surface area contributed by atoms with Crippen LogP contribution in [-0.2, 0) is 16.4 Å². The smallest absolute Gasteiger partial charge is 0.194 e. The Morgan fingerprint density at radius 2 is 2.04 bits per heavy atom. The second kappa shape index (κ2) is 7.04. The Labute approximate surface area is 141 Å². The maximum atomic E-state index is 13.3. The summed E-state index contributed by atoms with van der Waals surface area (Å²) in [6.45, 7) is 6.82. The van der Waals surface area contributed by atoms with Gasteiger partial charge in [-0.2, -0.15) is 0 Å². The molecule has 1 aliphatic rings. The number of benzene rings is 1. The molecule has 134 valence electrons. The van der Waals surface area contributed by atoms with Gasteiger partial charge < -0.3 is 10.2 Å². The zero-order chi connectivity index (χ0) is 18.0. The highest BCUT2D eigenvalue weighted by Gasteiger charge is 2.40. The molecule has 24 heavy (non-hydrogen) atoms. The number of aliphatic imine (C=N–C) groups is 1. The molecule has 0 aromatic heterocycles. The minimum absolute atomic E-state index is 0.0651. The van der Waals surface area contributed by atoms with E-state index in [1.807, 2.05) is 11.8 Å². The van der Waals surface area contributed by atoms with Crippen LogP contribution < -0.4 is 5.32 Å². The Morgan fingerprint density at radius 1 is 1.33 bits per heavy atom. The largest absolute Gasteiger partial charge is 0.357 e. The van der Waals surface area contributed by atoms with Crippen LogP contribution in [0.4, 0.5) is 8.78 Å². The van der Waals surface area contributed by atoms with Gasteiger partial charge in [-0.15, -0.1) is 0 Å². The van der Waals surface area contributed by atoms with Crippen LogP contribution in [0.25, 0.3) is 0 Å². The normalized spacial score (nSPS) is 20.0. The van der Waals surface area contributed by atoms with E-state index in [-0.39, 0.29) is 12.3 Å². The molecule has 1 aromatic rings. The lowest BCUT2D eigenvalue weighted by Crippen LogP contribution is -2.57. The summed E-state index contributed by atoms with van der Waals surface area (Å²) >= 11 is 0. The van der Waals surface area contributed by atoms with Gasteiger partial charge in [-0.1, -0.05) is 6.07 Å². The molecular weight excluding hydrogens is 336 g/mol. The van der Waals surface area contributed by atoms with Crippen LogP contribution in [0, 0.1) is 11.6 Å². The lowest BCUT2D eigenvalue weighted by atomic mass is 10.2. The molecule has 0 radical (unpaired) electrons. The summed E-state index contributed by atoms with van der Waals surface area (Å²) in [5.41, 5.74) is 0.549. The highest BCUT2D eigenvalue weighted by atomic mass is 32.2. The number of guanidine groups is 1. The van der Waals surface area contributed by atoms with Crippen molar-refractivity contribution in [2.75, 3.05) is 25.4 Å². The van der Waals surface area contributed by atoms with Crippen molar-refractivity contribution in [2.45, 2.75) is 32.1 Å². The molecule has 2 rings (SSSR count). The minimum Gasteiger partial charge on any atom is -0.357 e. The van der Waals surface area contributed by atoms with Gasteiger partial charge >= 0.3 is 0 Å². The van der Waals surface area contributed by atoms with Crippen LogP contribution in [0.5, 0.6) is 0 Å². The van der Waals surface area contributed by atoms with Crippen molar-refractivity contribution in [2.24, 2.45) is 4.99 Å². The van der Waals surface area contributed by atoms with E-state index >= 15 is 0 Å². The Morgan fingerprint density at radius 3 is 2.62 bits per heavy atom. The fraction of sp³-hybridized carbons (Fsp3) is 0.562. The number of hydrogen-bond donors (Lipinski definition) is 1. The van der Waals surface area contributed by atoms with Crippen LogP contribution >= 0.6 is 0 Å². The van der Waals surface area contributed by atoms with Crippen LogP contribution in [-0.4, -0.2) is 49.4 Å². The predicted octanol–water partition coefficient (Wildman–Crippen LogP) is 1.94. The van der Waals surface area contributed by atoms with E-state index in [4.69, 9.17) is 0 Å². The van der Waals surface area contributed by atoms with Gasteiger partial charge in [0.25, 0.3) is 0 Å². The van der Waals surface area contributed by atoms with Gasteiger partial charge in [-0.3, -0.25) is 0 Å². The lowest BCUT2D eigenvalue weighted by Gasteiger charge is -2.39. The molecule has 0 atom stereocenters. The molecule has 1 fully saturated rings. The summed E-state index contributed by atoms with van der Waals surface area (Å²) in [4.78, 5) is 6.33. The van der Waals surface area contributed by atoms with Gasteiger partial charge in [-0.05, 0) is 38.5 Å². The van der Waals surface area contributed by atoms with Gasteiger partial charge in [-0.25, -0.2) is 22.2 Å². The molecule has 5 nitrogen and oxygen atoms in total. The Bertz CT molecular complexity index is 733. The van der Waals surface area contributed by atoms with E-state index in [2.05, 4.69) is 10.3 Å². The van der Waals surface area contributed by atoms with E-state index in [1.54, 1.807) is 13.8 Å². The van der Waals surface area contributed by atoms with Crippen LogP contribution in [0.2, 0.25) is 0 Å². The van der Waals surface area contributed by atoms with Crippen molar-refractivity contribution >= 4 is 15.8 Å². The Balaban J connectivity index is 2.18. The number of sulfone groups is 1. The second-order valence-electron chi connectivity index (χ2n) is 6.42. The van der Waals surface area contributed by atoms with Crippen molar-refractivity contribution in [1.29, 1.82) is 0 Å². The van der Waals surface area contributed by atoms with Crippen molar-refractivity contribution < 1.29 is 17.2 Å². The summed E-state index contributed by atoms with van der Waals surface area (Å²) in [6, 6.07) is 3.67. The second-order valence-corrected chi connectivity index (χ2v) is 9.16. The molecule has 0 amide bonds.